The lowest BCUT2D eigenvalue weighted by atomic mass is 10.1. The van der Waals surface area contributed by atoms with Crippen molar-refractivity contribution in [2.45, 2.75) is 33.1 Å². The Kier molecular flexibility index (Phi) is 3.98. The Balaban J connectivity index is 2.05. The zero-order valence-corrected chi connectivity index (χ0v) is 14.5. The lowest BCUT2D eigenvalue weighted by molar-refractivity contribution is 0.0975. The van der Waals surface area contributed by atoms with Crippen molar-refractivity contribution in [3.63, 3.8) is 0 Å². The summed E-state index contributed by atoms with van der Waals surface area (Å²) < 4.78 is 3.03. The average molecular weight is 367 g/mol. The number of carbonyl (C=O) groups is 1. The van der Waals surface area contributed by atoms with Crippen molar-refractivity contribution in [2.24, 2.45) is 5.92 Å². The highest BCUT2D eigenvalue weighted by Crippen LogP contribution is 2.37. The summed E-state index contributed by atoms with van der Waals surface area (Å²) in [4.78, 5) is 12.5. The van der Waals surface area contributed by atoms with Crippen LogP contribution in [0.1, 0.15) is 41.0 Å². The SMILES string of the molecule is Cc1c(Br)c(C(=O)CC2CC2)c(C)n1-c1ccc(Cl)cc1. The molecule has 0 unspecified atom stereocenters. The summed E-state index contributed by atoms with van der Waals surface area (Å²) in [6.07, 6.45) is 3.06. The van der Waals surface area contributed by atoms with Gasteiger partial charge in [-0.3, -0.25) is 4.79 Å². The summed E-state index contributed by atoms with van der Waals surface area (Å²) in [5.74, 6) is 0.848. The van der Waals surface area contributed by atoms with E-state index < -0.39 is 0 Å². The average Bonchev–Trinajstić information content (AvgIpc) is 3.21. The zero-order valence-electron chi connectivity index (χ0n) is 12.1. The van der Waals surface area contributed by atoms with E-state index in [9.17, 15) is 4.79 Å². The molecule has 0 bridgehead atoms. The normalized spacial score (nSPS) is 14.5. The summed E-state index contributed by atoms with van der Waals surface area (Å²) in [7, 11) is 0. The van der Waals surface area contributed by atoms with Crippen molar-refractivity contribution in [1.82, 2.24) is 4.57 Å². The molecular formula is C17H17BrClNO. The van der Waals surface area contributed by atoms with Crippen LogP contribution in [0.5, 0.6) is 0 Å². The highest BCUT2D eigenvalue weighted by atomic mass is 79.9. The predicted octanol–water partition coefficient (Wildman–Crippen LogP) is 5.49. The topological polar surface area (TPSA) is 22.0 Å². The number of aromatic nitrogens is 1. The number of hydrogen-bond donors (Lipinski definition) is 0. The first kappa shape index (κ1) is 14.9. The zero-order chi connectivity index (χ0) is 15.1. The summed E-state index contributed by atoms with van der Waals surface area (Å²) in [5, 5.41) is 0.713. The van der Waals surface area contributed by atoms with Crippen molar-refractivity contribution in [1.29, 1.82) is 0 Å². The molecule has 0 amide bonds. The molecule has 0 aliphatic heterocycles. The maximum absolute atomic E-state index is 12.5. The summed E-state index contributed by atoms with van der Waals surface area (Å²) in [5.41, 5.74) is 3.90. The molecule has 2 aromatic rings. The van der Waals surface area contributed by atoms with E-state index in [0.29, 0.717) is 17.4 Å². The molecule has 21 heavy (non-hydrogen) atoms. The van der Waals surface area contributed by atoms with Gasteiger partial charge >= 0.3 is 0 Å². The first-order chi connectivity index (χ1) is 9.99. The largest absolute Gasteiger partial charge is 0.317 e. The number of rotatable bonds is 4. The van der Waals surface area contributed by atoms with E-state index in [-0.39, 0.29) is 5.78 Å². The molecule has 0 saturated heterocycles. The number of ketones is 1. The van der Waals surface area contributed by atoms with Crippen LogP contribution in [-0.4, -0.2) is 10.4 Å². The van der Waals surface area contributed by atoms with Gasteiger partial charge in [-0.2, -0.15) is 0 Å². The Morgan fingerprint density at radius 2 is 1.86 bits per heavy atom. The molecule has 1 aliphatic carbocycles. The third-order valence-corrected chi connectivity index (χ3v) is 5.33. The number of Topliss-reactive ketones (excluding diaryl/α,β-unsaturated/α-hetero) is 1. The fraction of sp³-hybridized carbons (Fsp3) is 0.353. The minimum absolute atomic E-state index is 0.248. The Bertz CT molecular complexity index is 699. The molecular weight excluding hydrogens is 350 g/mol. The molecule has 2 nitrogen and oxygen atoms in total. The summed E-state index contributed by atoms with van der Waals surface area (Å²) in [6.45, 7) is 4.03. The fourth-order valence-corrected chi connectivity index (χ4v) is 3.60. The Morgan fingerprint density at radius 1 is 1.24 bits per heavy atom. The van der Waals surface area contributed by atoms with Gasteiger partial charge in [-0.05, 0) is 72.8 Å². The summed E-state index contributed by atoms with van der Waals surface area (Å²) >= 11 is 9.56. The molecule has 1 fully saturated rings. The van der Waals surface area contributed by atoms with E-state index in [0.717, 1.165) is 27.1 Å². The van der Waals surface area contributed by atoms with Gasteiger partial charge in [0.15, 0.2) is 5.78 Å². The number of nitrogens with zero attached hydrogens (tertiary/aromatic N) is 1. The minimum atomic E-state index is 0.248. The smallest absolute Gasteiger partial charge is 0.166 e. The molecule has 4 heteroatoms. The van der Waals surface area contributed by atoms with E-state index in [1.807, 2.05) is 38.1 Å². The number of benzene rings is 1. The van der Waals surface area contributed by atoms with Gasteiger partial charge in [-0.25, -0.2) is 0 Å². The van der Waals surface area contributed by atoms with Crippen LogP contribution in [0.25, 0.3) is 5.69 Å². The van der Waals surface area contributed by atoms with Crippen LogP contribution in [0.15, 0.2) is 28.7 Å². The van der Waals surface area contributed by atoms with Crippen LogP contribution < -0.4 is 0 Å². The molecule has 1 heterocycles. The van der Waals surface area contributed by atoms with Crippen molar-refractivity contribution >= 4 is 33.3 Å². The maximum Gasteiger partial charge on any atom is 0.166 e. The quantitative estimate of drug-likeness (QED) is 0.655. The molecule has 0 atom stereocenters. The molecule has 0 radical (unpaired) electrons. The van der Waals surface area contributed by atoms with Crippen molar-refractivity contribution in [3.8, 4) is 5.69 Å². The monoisotopic (exact) mass is 365 g/mol. The van der Waals surface area contributed by atoms with Crippen molar-refractivity contribution in [3.05, 3.63) is 50.7 Å². The predicted molar refractivity (Wildman–Crippen MR) is 89.6 cm³/mol. The van der Waals surface area contributed by atoms with Crippen LogP contribution in [0, 0.1) is 19.8 Å². The highest BCUT2D eigenvalue weighted by Gasteiger charge is 2.29. The molecule has 3 rings (SSSR count). The van der Waals surface area contributed by atoms with Crippen LogP contribution in [0.3, 0.4) is 0 Å². The Morgan fingerprint density at radius 3 is 2.43 bits per heavy atom. The van der Waals surface area contributed by atoms with Gasteiger partial charge in [0.2, 0.25) is 0 Å². The van der Waals surface area contributed by atoms with Crippen LogP contribution >= 0.6 is 27.5 Å². The van der Waals surface area contributed by atoms with Gasteiger partial charge < -0.3 is 4.57 Å². The first-order valence-corrected chi connectivity index (χ1v) is 8.32. The molecule has 1 saturated carbocycles. The molecule has 1 aliphatic rings. The van der Waals surface area contributed by atoms with E-state index in [1.165, 1.54) is 12.8 Å². The van der Waals surface area contributed by atoms with Gasteiger partial charge in [0.1, 0.15) is 0 Å². The molecule has 1 aromatic heterocycles. The van der Waals surface area contributed by atoms with Gasteiger partial charge in [0.25, 0.3) is 0 Å². The maximum atomic E-state index is 12.5. The standard InChI is InChI=1S/C17H17BrClNO/c1-10-16(15(21)9-12-3-4-12)17(18)11(2)20(10)14-7-5-13(19)6-8-14/h5-8,12H,3-4,9H2,1-2H3. The second-order valence-corrected chi connectivity index (χ2v) is 6.97. The van der Waals surface area contributed by atoms with Crippen LogP contribution in [0.4, 0.5) is 0 Å². The van der Waals surface area contributed by atoms with E-state index >= 15 is 0 Å². The highest BCUT2D eigenvalue weighted by molar-refractivity contribution is 9.10. The van der Waals surface area contributed by atoms with E-state index in [4.69, 9.17) is 11.6 Å². The summed E-state index contributed by atoms with van der Waals surface area (Å²) in [6, 6.07) is 7.69. The van der Waals surface area contributed by atoms with Crippen molar-refractivity contribution in [2.75, 3.05) is 0 Å². The van der Waals surface area contributed by atoms with E-state index in [2.05, 4.69) is 20.5 Å². The molecule has 1 aromatic carbocycles. The fourth-order valence-electron chi connectivity index (χ4n) is 2.79. The first-order valence-electron chi connectivity index (χ1n) is 7.15. The van der Waals surface area contributed by atoms with Crippen LogP contribution in [-0.2, 0) is 0 Å². The van der Waals surface area contributed by atoms with Gasteiger partial charge in [-0.15, -0.1) is 0 Å². The minimum Gasteiger partial charge on any atom is -0.317 e. The van der Waals surface area contributed by atoms with Gasteiger partial charge in [0.05, 0.1) is 5.56 Å². The number of hydrogen-bond acceptors (Lipinski definition) is 1. The lowest BCUT2D eigenvalue weighted by Crippen LogP contribution is -2.04. The molecule has 110 valence electrons. The third kappa shape index (κ3) is 2.82. The van der Waals surface area contributed by atoms with Gasteiger partial charge in [0, 0.05) is 33.0 Å². The molecule has 0 N–H and O–H groups in total. The second-order valence-electron chi connectivity index (χ2n) is 5.74. The second kappa shape index (κ2) is 5.62. The third-order valence-electron chi connectivity index (χ3n) is 4.10. The van der Waals surface area contributed by atoms with Crippen molar-refractivity contribution < 1.29 is 4.79 Å². The molecule has 0 spiro atoms. The van der Waals surface area contributed by atoms with Crippen LogP contribution in [0.2, 0.25) is 5.02 Å². The van der Waals surface area contributed by atoms with Gasteiger partial charge in [-0.1, -0.05) is 11.6 Å². The Labute approximate surface area is 138 Å². The number of carbonyl (C=O) groups excluding carboxylic acids is 1. The number of halogens is 2. The Hall–Kier alpha value is -1.06. The van der Waals surface area contributed by atoms with E-state index in [1.54, 1.807) is 0 Å². The lowest BCUT2D eigenvalue weighted by Gasteiger charge is -2.09.